The summed E-state index contributed by atoms with van der Waals surface area (Å²) >= 11 is 5.74. The smallest absolute Gasteiger partial charge is 0.129 e. The average Bonchev–Trinajstić information content (AvgIpc) is 2.25. The van der Waals surface area contributed by atoms with Gasteiger partial charge >= 0.3 is 0 Å². The van der Waals surface area contributed by atoms with Crippen LogP contribution in [0.5, 0.6) is 0 Å². The number of hydrogen-bond donors (Lipinski definition) is 0. The van der Waals surface area contributed by atoms with Crippen molar-refractivity contribution in [1.29, 1.82) is 0 Å². The van der Waals surface area contributed by atoms with Gasteiger partial charge in [-0.2, -0.15) is 0 Å². The maximum absolute atomic E-state index is 5.74. The topological polar surface area (TPSA) is 25.4 Å². The van der Waals surface area contributed by atoms with Crippen LogP contribution < -0.4 is 0 Å². The molecule has 0 radical (unpaired) electrons. The van der Waals surface area contributed by atoms with Crippen LogP contribution in [-0.2, 0) is 11.3 Å². The van der Waals surface area contributed by atoms with Crippen molar-refractivity contribution < 1.29 is 4.74 Å². The van der Waals surface area contributed by atoms with E-state index in [0.717, 1.165) is 26.3 Å². The van der Waals surface area contributed by atoms with Gasteiger partial charge < -0.3 is 4.74 Å². The number of ether oxygens (including phenoxy) is 1. The van der Waals surface area contributed by atoms with Gasteiger partial charge in [-0.25, -0.2) is 4.98 Å². The molecule has 0 aliphatic carbocycles. The minimum absolute atomic E-state index is 0.481. The highest BCUT2D eigenvalue weighted by Gasteiger charge is 2.18. The largest absolute Gasteiger partial charge is 0.379 e. The predicted octanol–water partition coefficient (Wildman–Crippen LogP) is 1.96. The van der Waals surface area contributed by atoms with E-state index < -0.39 is 0 Å². The maximum atomic E-state index is 5.74. The van der Waals surface area contributed by atoms with Crippen LogP contribution in [0.1, 0.15) is 12.5 Å². The van der Waals surface area contributed by atoms with E-state index in [1.54, 1.807) is 0 Å². The fraction of sp³-hybridized carbons (Fsp3) is 0.545. The minimum atomic E-state index is 0.481. The molecule has 1 aromatic heterocycles. The molecule has 15 heavy (non-hydrogen) atoms. The van der Waals surface area contributed by atoms with Crippen LogP contribution in [0.3, 0.4) is 0 Å². The molecule has 2 rings (SSSR count). The van der Waals surface area contributed by atoms with Crippen molar-refractivity contribution in [2.45, 2.75) is 19.5 Å². The molecule has 2 heterocycles. The Morgan fingerprint density at radius 1 is 1.60 bits per heavy atom. The summed E-state index contributed by atoms with van der Waals surface area (Å²) in [7, 11) is 0. The Morgan fingerprint density at radius 2 is 2.47 bits per heavy atom. The molecule has 3 nitrogen and oxygen atoms in total. The molecule has 82 valence electrons. The van der Waals surface area contributed by atoms with Gasteiger partial charge in [0.2, 0.25) is 0 Å². The van der Waals surface area contributed by atoms with Crippen LogP contribution in [0.15, 0.2) is 18.3 Å². The molecule has 1 aliphatic rings. The number of morpholine rings is 1. The van der Waals surface area contributed by atoms with Crippen LogP contribution in [0.25, 0.3) is 0 Å². The first-order chi connectivity index (χ1) is 7.25. The molecule has 0 saturated carbocycles. The van der Waals surface area contributed by atoms with Gasteiger partial charge in [-0.15, -0.1) is 0 Å². The lowest BCUT2D eigenvalue weighted by atomic mass is 10.2. The third kappa shape index (κ3) is 2.91. The summed E-state index contributed by atoms with van der Waals surface area (Å²) in [5.41, 5.74) is 1.20. The van der Waals surface area contributed by atoms with Crippen LogP contribution in [-0.4, -0.2) is 35.7 Å². The molecule has 4 heteroatoms. The number of hydrogen-bond acceptors (Lipinski definition) is 3. The summed E-state index contributed by atoms with van der Waals surface area (Å²) in [6.07, 6.45) is 1.84. The van der Waals surface area contributed by atoms with E-state index in [1.165, 1.54) is 5.56 Å². The molecule has 1 unspecified atom stereocenters. The number of rotatable bonds is 2. The lowest BCUT2D eigenvalue weighted by Gasteiger charge is -2.33. The fourth-order valence-electron chi connectivity index (χ4n) is 1.73. The second kappa shape index (κ2) is 4.92. The number of aromatic nitrogens is 1. The maximum Gasteiger partial charge on any atom is 0.129 e. The molecular formula is C11H15ClN2O. The van der Waals surface area contributed by atoms with Crippen molar-refractivity contribution in [3.8, 4) is 0 Å². The fourth-order valence-corrected chi connectivity index (χ4v) is 1.84. The van der Waals surface area contributed by atoms with Crippen LogP contribution in [0, 0.1) is 0 Å². The zero-order valence-electron chi connectivity index (χ0n) is 8.82. The lowest BCUT2D eigenvalue weighted by Crippen LogP contribution is -2.42. The highest BCUT2D eigenvalue weighted by molar-refractivity contribution is 6.29. The Balaban J connectivity index is 1.98. The summed E-state index contributed by atoms with van der Waals surface area (Å²) in [4.78, 5) is 6.47. The first-order valence-electron chi connectivity index (χ1n) is 5.18. The average molecular weight is 227 g/mol. The molecule has 0 amide bonds. The third-order valence-corrected chi connectivity index (χ3v) is 2.90. The van der Waals surface area contributed by atoms with Crippen molar-refractivity contribution in [2.24, 2.45) is 0 Å². The Morgan fingerprint density at radius 3 is 3.13 bits per heavy atom. The third-order valence-electron chi connectivity index (χ3n) is 2.68. The van der Waals surface area contributed by atoms with Crippen LogP contribution in [0.2, 0.25) is 5.15 Å². The van der Waals surface area contributed by atoms with Crippen molar-refractivity contribution in [1.82, 2.24) is 9.88 Å². The van der Waals surface area contributed by atoms with E-state index >= 15 is 0 Å². The van der Waals surface area contributed by atoms with E-state index in [2.05, 4.69) is 16.8 Å². The monoisotopic (exact) mass is 226 g/mol. The Kier molecular flexibility index (Phi) is 3.57. The number of nitrogens with zero attached hydrogens (tertiary/aromatic N) is 2. The van der Waals surface area contributed by atoms with E-state index in [4.69, 9.17) is 16.3 Å². The van der Waals surface area contributed by atoms with Crippen molar-refractivity contribution >= 4 is 11.6 Å². The Bertz CT molecular complexity index is 315. The number of halogens is 1. The standard InChI is InChI=1S/C11H15ClN2O/c1-9-8-15-5-4-14(9)7-10-2-3-11(12)13-6-10/h2-3,6,9H,4-5,7-8H2,1H3. The van der Waals surface area contributed by atoms with Crippen LogP contribution in [0.4, 0.5) is 0 Å². The van der Waals surface area contributed by atoms with E-state index in [0.29, 0.717) is 11.2 Å². The zero-order chi connectivity index (χ0) is 10.7. The lowest BCUT2D eigenvalue weighted by molar-refractivity contribution is -0.00440. The summed E-state index contributed by atoms with van der Waals surface area (Å²) in [5.74, 6) is 0. The summed E-state index contributed by atoms with van der Waals surface area (Å²) < 4.78 is 5.39. The minimum Gasteiger partial charge on any atom is -0.379 e. The summed E-state index contributed by atoms with van der Waals surface area (Å²) in [5, 5.41) is 0.550. The van der Waals surface area contributed by atoms with Gasteiger partial charge in [0.15, 0.2) is 0 Å². The van der Waals surface area contributed by atoms with Gasteiger partial charge in [0.25, 0.3) is 0 Å². The molecule has 1 aliphatic heterocycles. The molecular weight excluding hydrogens is 212 g/mol. The molecule has 1 fully saturated rings. The summed E-state index contributed by atoms with van der Waals surface area (Å²) in [6.45, 7) is 5.74. The van der Waals surface area contributed by atoms with Crippen LogP contribution >= 0.6 is 11.6 Å². The molecule has 0 N–H and O–H groups in total. The van der Waals surface area contributed by atoms with Gasteiger partial charge in [-0.1, -0.05) is 17.7 Å². The zero-order valence-corrected chi connectivity index (χ0v) is 9.57. The molecule has 0 aromatic carbocycles. The molecule has 1 aromatic rings. The highest BCUT2D eigenvalue weighted by atomic mass is 35.5. The van der Waals surface area contributed by atoms with E-state index in [-0.39, 0.29) is 0 Å². The van der Waals surface area contributed by atoms with Gasteiger partial charge in [-0.3, -0.25) is 4.90 Å². The van der Waals surface area contributed by atoms with Crippen molar-refractivity contribution in [3.63, 3.8) is 0 Å². The summed E-state index contributed by atoms with van der Waals surface area (Å²) in [6, 6.07) is 4.34. The second-order valence-electron chi connectivity index (χ2n) is 3.88. The van der Waals surface area contributed by atoms with Gasteiger partial charge in [-0.05, 0) is 18.6 Å². The van der Waals surface area contributed by atoms with E-state index in [1.807, 2.05) is 18.3 Å². The van der Waals surface area contributed by atoms with Gasteiger partial charge in [0.05, 0.1) is 13.2 Å². The molecule has 1 atom stereocenters. The normalized spacial score (nSPS) is 22.9. The Labute approximate surface area is 95.0 Å². The first kappa shape index (κ1) is 10.9. The highest BCUT2D eigenvalue weighted by Crippen LogP contribution is 2.12. The van der Waals surface area contributed by atoms with E-state index in [9.17, 15) is 0 Å². The SMILES string of the molecule is CC1COCCN1Cc1ccc(Cl)nc1. The molecule has 0 bridgehead atoms. The number of pyridine rings is 1. The predicted molar refractivity (Wildman–Crippen MR) is 59.9 cm³/mol. The molecule has 1 saturated heterocycles. The molecule has 0 spiro atoms. The van der Waals surface area contributed by atoms with Crippen molar-refractivity contribution in [2.75, 3.05) is 19.8 Å². The van der Waals surface area contributed by atoms with Gasteiger partial charge in [0, 0.05) is 25.3 Å². The second-order valence-corrected chi connectivity index (χ2v) is 4.27. The van der Waals surface area contributed by atoms with Crippen molar-refractivity contribution in [3.05, 3.63) is 29.0 Å². The van der Waals surface area contributed by atoms with Gasteiger partial charge in [0.1, 0.15) is 5.15 Å². The first-order valence-corrected chi connectivity index (χ1v) is 5.56. The quantitative estimate of drug-likeness (QED) is 0.721. The Hall–Kier alpha value is -0.640.